The average Bonchev–Trinajstić information content (AvgIpc) is 2.46. The average molecular weight is 260 g/mol. The third-order valence-corrected chi connectivity index (χ3v) is 2.83. The van der Waals surface area contributed by atoms with Crippen molar-refractivity contribution in [3.05, 3.63) is 41.3 Å². The molecule has 1 aliphatic rings. The Morgan fingerprint density at radius 2 is 2.16 bits per heavy atom. The second kappa shape index (κ2) is 6.04. The monoisotopic (exact) mass is 260 g/mol. The number of nitrogens with zero attached hydrogens (tertiary/aromatic N) is 1. The predicted molar refractivity (Wildman–Crippen MR) is 72.2 cm³/mol. The van der Waals surface area contributed by atoms with Crippen LogP contribution < -0.4 is 10.1 Å². The van der Waals surface area contributed by atoms with Crippen molar-refractivity contribution in [2.24, 2.45) is 4.99 Å². The highest BCUT2D eigenvalue weighted by atomic mass is 16.5. The first-order chi connectivity index (χ1) is 9.20. The molecule has 2 rings (SSSR count). The molecule has 0 fully saturated rings. The second-order valence-corrected chi connectivity index (χ2v) is 4.18. The highest BCUT2D eigenvalue weighted by Gasteiger charge is 2.16. The number of aliphatic hydroxyl groups is 1. The number of benzene rings is 1. The number of methoxy groups -OCH3 is 1. The summed E-state index contributed by atoms with van der Waals surface area (Å²) in [6.07, 6.45) is 2.78. The second-order valence-electron chi connectivity index (χ2n) is 4.18. The molecule has 0 aromatic heterocycles. The summed E-state index contributed by atoms with van der Waals surface area (Å²) in [4.78, 5) is 15.8. The fourth-order valence-corrected chi connectivity index (χ4v) is 1.75. The van der Waals surface area contributed by atoms with Gasteiger partial charge in [-0.15, -0.1) is 0 Å². The lowest BCUT2D eigenvalue weighted by atomic mass is 10.2. The molecule has 0 unspecified atom stereocenters. The summed E-state index contributed by atoms with van der Waals surface area (Å²) in [7, 11) is 1.60. The summed E-state index contributed by atoms with van der Waals surface area (Å²) in [6, 6.07) is 7.41. The van der Waals surface area contributed by atoms with Gasteiger partial charge >= 0.3 is 0 Å². The van der Waals surface area contributed by atoms with Crippen LogP contribution in [0.3, 0.4) is 0 Å². The molecule has 1 heterocycles. The van der Waals surface area contributed by atoms with Crippen molar-refractivity contribution in [3.8, 4) is 5.75 Å². The Labute approximate surface area is 111 Å². The predicted octanol–water partition coefficient (Wildman–Crippen LogP) is 1.95. The first-order valence-electron chi connectivity index (χ1n) is 6.06. The molecule has 5 nitrogen and oxygen atoms in total. The molecule has 0 saturated carbocycles. The van der Waals surface area contributed by atoms with Gasteiger partial charge in [-0.25, -0.2) is 0 Å². The van der Waals surface area contributed by atoms with Crippen LogP contribution in [0.4, 0.5) is 0 Å². The molecular weight excluding hydrogens is 244 g/mol. The van der Waals surface area contributed by atoms with Gasteiger partial charge in [0.1, 0.15) is 11.5 Å². The van der Waals surface area contributed by atoms with Crippen molar-refractivity contribution in [1.29, 1.82) is 0 Å². The molecule has 0 saturated heterocycles. The summed E-state index contributed by atoms with van der Waals surface area (Å²) in [5, 5.41) is 12.3. The van der Waals surface area contributed by atoms with E-state index in [1.165, 1.54) is 0 Å². The van der Waals surface area contributed by atoms with Crippen LogP contribution in [0, 0.1) is 0 Å². The summed E-state index contributed by atoms with van der Waals surface area (Å²) in [6.45, 7) is 0.384. The van der Waals surface area contributed by atoms with Gasteiger partial charge in [0, 0.05) is 19.2 Å². The highest BCUT2D eigenvalue weighted by molar-refractivity contribution is 5.95. The van der Waals surface area contributed by atoms with E-state index in [1.54, 1.807) is 13.3 Å². The van der Waals surface area contributed by atoms with E-state index in [-0.39, 0.29) is 17.4 Å². The van der Waals surface area contributed by atoms with Crippen molar-refractivity contribution < 1.29 is 14.6 Å². The molecule has 19 heavy (non-hydrogen) atoms. The number of ether oxygens (including phenoxy) is 1. The first kappa shape index (κ1) is 13.1. The van der Waals surface area contributed by atoms with Crippen molar-refractivity contribution in [3.63, 3.8) is 0 Å². The molecule has 1 amide bonds. The highest BCUT2D eigenvalue weighted by Crippen LogP contribution is 2.15. The maximum Gasteiger partial charge on any atom is 0.273 e. The number of amides is 1. The zero-order chi connectivity index (χ0) is 13.7. The van der Waals surface area contributed by atoms with Crippen molar-refractivity contribution in [2.45, 2.75) is 19.4 Å². The molecule has 1 aliphatic heterocycles. The third-order valence-electron chi connectivity index (χ3n) is 2.83. The zero-order valence-corrected chi connectivity index (χ0v) is 10.7. The lowest BCUT2D eigenvalue weighted by molar-refractivity contribution is -0.117. The van der Waals surface area contributed by atoms with Crippen molar-refractivity contribution in [2.75, 3.05) is 7.11 Å². The SMILES string of the molecule is COc1ccc(CNC(=O)C2=C(O)CCC=N2)cc1. The van der Waals surface area contributed by atoms with E-state index in [4.69, 9.17) is 4.74 Å². The standard InChI is InChI=1S/C14H16N2O3/c1-19-11-6-4-10(5-7-11)9-16-14(18)13-12(17)3-2-8-15-13/h4-8,17H,2-3,9H2,1H3,(H,16,18). The number of aliphatic hydroxyl groups excluding tert-OH is 1. The van der Waals surface area contributed by atoms with Crippen LogP contribution in [0.2, 0.25) is 0 Å². The number of carbonyl (C=O) groups is 1. The lowest BCUT2D eigenvalue weighted by Crippen LogP contribution is -2.25. The first-order valence-corrected chi connectivity index (χ1v) is 6.06. The van der Waals surface area contributed by atoms with E-state index in [0.717, 1.165) is 11.3 Å². The van der Waals surface area contributed by atoms with E-state index < -0.39 is 0 Å². The van der Waals surface area contributed by atoms with Gasteiger partial charge in [0.2, 0.25) is 0 Å². The fourth-order valence-electron chi connectivity index (χ4n) is 1.75. The molecule has 2 N–H and O–H groups in total. The number of carbonyl (C=O) groups excluding carboxylic acids is 1. The van der Waals surface area contributed by atoms with E-state index >= 15 is 0 Å². The smallest absolute Gasteiger partial charge is 0.273 e. The van der Waals surface area contributed by atoms with Gasteiger partial charge in [-0.2, -0.15) is 0 Å². The van der Waals surface area contributed by atoms with E-state index in [1.807, 2.05) is 24.3 Å². The number of nitrogens with one attached hydrogen (secondary N) is 1. The van der Waals surface area contributed by atoms with E-state index in [0.29, 0.717) is 19.4 Å². The summed E-state index contributed by atoms with van der Waals surface area (Å²) < 4.78 is 5.06. The number of hydrogen-bond acceptors (Lipinski definition) is 4. The van der Waals surface area contributed by atoms with Crippen LogP contribution in [-0.4, -0.2) is 24.3 Å². The minimum Gasteiger partial charge on any atom is -0.510 e. The summed E-state index contributed by atoms with van der Waals surface area (Å²) in [5.41, 5.74) is 1.06. The van der Waals surface area contributed by atoms with Crippen molar-refractivity contribution >= 4 is 12.1 Å². The lowest BCUT2D eigenvalue weighted by Gasteiger charge is -2.10. The van der Waals surface area contributed by atoms with Gasteiger partial charge in [0.15, 0.2) is 5.70 Å². The largest absolute Gasteiger partial charge is 0.510 e. The maximum atomic E-state index is 11.8. The van der Waals surface area contributed by atoms with Crippen LogP contribution in [0.5, 0.6) is 5.75 Å². The van der Waals surface area contributed by atoms with Gasteiger partial charge < -0.3 is 15.2 Å². The number of allylic oxidation sites excluding steroid dienone is 1. The van der Waals surface area contributed by atoms with Crippen LogP contribution in [0.25, 0.3) is 0 Å². The summed E-state index contributed by atoms with van der Waals surface area (Å²) in [5.74, 6) is 0.464. The minimum atomic E-state index is -0.357. The Balaban J connectivity index is 1.94. The minimum absolute atomic E-state index is 0.0507. The van der Waals surface area contributed by atoms with Gasteiger partial charge in [-0.3, -0.25) is 9.79 Å². The molecule has 0 atom stereocenters. The Hall–Kier alpha value is -2.30. The van der Waals surface area contributed by atoms with E-state index in [9.17, 15) is 9.90 Å². The van der Waals surface area contributed by atoms with Crippen LogP contribution in [-0.2, 0) is 11.3 Å². The van der Waals surface area contributed by atoms with Gasteiger partial charge in [-0.1, -0.05) is 12.1 Å². The Morgan fingerprint density at radius 3 is 2.79 bits per heavy atom. The maximum absolute atomic E-state index is 11.8. The molecule has 100 valence electrons. The van der Waals surface area contributed by atoms with Crippen molar-refractivity contribution in [1.82, 2.24) is 5.32 Å². The number of aliphatic imine (C=N–C) groups is 1. The van der Waals surface area contributed by atoms with Gasteiger partial charge in [0.25, 0.3) is 5.91 Å². The molecule has 1 aromatic rings. The molecular formula is C14H16N2O3. The molecule has 0 spiro atoms. The molecule has 5 heteroatoms. The molecule has 1 aromatic carbocycles. The molecule has 0 radical (unpaired) electrons. The van der Waals surface area contributed by atoms with Gasteiger partial charge in [0.05, 0.1) is 7.11 Å². The topological polar surface area (TPSA) is 70.9 Å². The fraction of sp³-hybridized carbons (Fsp3) is 0.286. The normalized spacial score (nSPS) is 14.4. The van der Waals surface area contributed by atoms with Crippen LogP contribution >= 0.6 is 0 Å². The number of rotatable bonds is 4. The number of hydrogen-bond donors (Lipinski definition) is 2. The molecule has 0 bridgehead atoms. The van der Waals surface area contributed by atoms with Crippen LogP contribution in [0.15, 0.2) is 40.7 Å². The Kier molecular flexibility index (Phi) is 4.18. The van der Waals surface area contributed by atoms with Crippen LogP contribution in [0.1, 0.15) is 18.4 Å². The Morgan fingerprint density at radius 1 is 1.42 bits per heavy atom. The van der Waals surface area contributed by atoms with E-state index in [2.05, 4.69) is 10.3 Å². The Bertz CT molecular complexity index is 518. The molecule has 0 aliphatic carbocycles. The quantitative estimate of drug-likeness (QED) is 0.869. The third kappa shape index (κ3) is 3.34. The summed E-state index contributed by atoms with van der Waals surface area (Å²) >= 11 is 0. The zero-order valence-electron chi connectivity index (χ0n) is 10.7. The van der Waals surface area contributed by atoms with Gasteiger partial charge in [-0.05, 0) is 24.1 Å².